The molecule has 0 spiro atoms. The topological polar surface area (TPSA) is 77.0 Å². The summed E-state index contributed by atoms with van der Waals surface area (Å²) in [7, 11) is 0. The number of nitrogens with zero attached hydrogens (tertiary/aromatic N) is 2. The SMILES string of the molecule is CC(=O)OCc1cncn1Cc1ccc(-c2ccccc2)c(=O)[nH]1. The van der Waals surface area contributed by atoms with Crippen molar-refractivity contribution in [3.8, 4) is 11.1 Å². The van der Waals surface area contributed by atoms with Crippen LogP contribution in [0.4, 0.5) is 0 Å². The lowest BCUT2D eigenvalue weighted by Gasteiger charge is -2.09. The van der Waals surface area contributed by atoms with Gasteiger partial charge < -0.3 is 14.3 Å². The molecular formula is C18H17N3O3. The van der Waals surface area contributed by atoms with Gasteiger partial charge in [-0.2, -0.15) is 0 Å². The summed E-state index contributed by atoms with van der Waals surface area (Å²) in [5.41, 5.74) is 2.88. The summed E-state index contributed by atoms with van der Waals surface area (Å²) in [6.07, 6.45) is 3.28. The molecule has 0 amide bonds. The van der Waals surface area contributed by atoms with Crippen molar-refractivity contribution in [2.24, 2.45) is 0 Å². The number of hydrogen-bond donors (Lipinski definition) is 1. The van der Waals surface area contributed by atoms with Crippen LogP contribution in [-0.4, -0.2) is 20.5 Å². The summed E-state index contributed by atoms with van der Waals surface area (Å²) in [5, 5.41) is 0. The fourth-order valence-electron chi connectivity index (χ4n) is 2.42. The monoisotopic (exact) mass is 323 g/mol. The molecule has 0 saturated carbocycles. The minimum absolute atomic E-state index is 0.139. The van der Waals surface area contributed by atoms with E-state index in [0.717, 1.165) is 17.0 Å². The van der Waals surface area contributed by atoms with E-state index in [1.54, 1.807) is 12.5 Å². The highest BCUT2D eigenvalue weighted by Gasteiger charge is 2.07. The van der Waals surface area contributed by atoms with Crippen molar-refractivity contribution in [2.75, 3.05) is 0 Å². The Hall–Kier alpha value is -3.15. The lowest BCUT2D eigenvalue weighted by Crippen LogP contribution is -2.14. The smallest absolute Gasteiger partial charge is 0.303 e. The normalized spacial score (nSPS) is 10.5. The summed E-state index contributed by atoms with van der Waals surface area (Å²) in [6.45, 7) is 1.96. The molecule has 0 aliphatic rings. The van der Waals surface area contributed by atoms with Crippen LogP contribution in [0.5, 0.6) is 0 Å². The third kappa shape index (κ3) is 3.60. The predicted molar refractivity (Wildman–Crippen MR) is 89.3 cm³/mol. The molecule has 0 fully saturated rings. The number of aromatic nitrogens is 3. The van der Waals surface area contributed by atoms with Crippen LogP contribution in [0.2, 0.25) is 0 Å². The van der Waals surface area contributed by atoms with Crippen LogP contribution in [-0.2, 0) is 22.7 Å². The number of imidazole rings is 1. The van der Waals surface area contributed by atoms with E-state index in [1.807, 2.05) is 47.0 Å². The van der Waals surface area contributed by atoms with Gasteiger partial charge in [0, 0.05) is 18.2 Å². The first-order valence-electron chi connectivity index (χ1n) is 7.53. The molecule has 0 atom stereocenters. The van der Waals surface area contributed by atoms with Crippen molar-refractivity contribution >= 4 is 5.97 Å². The van der Waals surface area contributed by atoms with Gasteiger partial charge >= 0.3 is 5.97 Å². The van der Waals surface area contributed by atoms with Gasteiger partial charge in [-0.25, -0.2) is 4.98 Å². The zero-order valence-electron chi connectivity index (χ0n) is 13.2. The van der Waals surface area contributed by atoms with Crippen molar-refractivity contribution < 1.29 is 9.53 Å². The number of H-pyrrole nitrogens is 1. The van der Waals surface area contributed by atoms with E-state index in [-0.39, 0.29) is 18.1 Å². The molecule has 0 bridgehead atoms. The molecule has 3 rings (SSSR count). The molecule has 1 aromatic carbocycles. The number of carbonyl (C=O) groups is 1. The third-order valence-corrected chi connectivity index (χ3v) is 3.62. The standard InChI is InChI=1S/C18H17N3O3/c1-13(22)24-11-16-9-19-12-21(16)10-15-7-8-17(18(23)20-15)14-5-3-2-4-6-14/h2-9,12H,10-11H2,1H3,(H,20,23). The third-order valence-electron chi connectivity index (χ3n) is 3.62. The number of pyridine rings is 1. The first-order valence-corrected chi connectivity index (χ1v) is 7.53. The molecule has 122 valence electrons. The summed E-state index contributed by atoms with van der Waals surface area (Å²) in [4.78, 5) is 30.2. The van der Waals surface area contributed by atoms with Gasteiger partial charge in [-0.05, 0) is 17.7 Å². The van der Waals surface area contributed by atoms with E-state index in [1.165, 1.54) is 6.92 Å². The van der Waals surface area contributed by atoms with Gasteiger partial charge in [0.05, 0.1) is 24.8 Å². The number of hydrogen-bond acceptors (Lipinski definition) is 4. The average Bonchev–Trinajstić information content (AvgIpc) is 3.01. The summed E-state index contributed by atoms with van der Waals surface area (Å²) in [6, 6.07) is 13.2. The maximum absolute atomic E-state index is 12.3. The number of ether oxygens (including phenoxy) is 1. The van der Waals surface area contributed by atoms with Gasteiger partial charge in [0.15, 0.2) is 0 Å². The summed E-state index contributed by atoms with van der Waals surface area (Å²) < 4.78 is 6.82. The Morgan fingerprint density at radius 2 is 2.00 bits per heavy atom. The predicted octanol–water partition coefficient (Wildman–Crippen LogP) is 2.35. The molecule has 0 radical (unpaired) electrons. The molecule has 24 heavy (non-hydrogen) atoms. The second kappa shape index (κ2) is 6.95. The van der Waals surface area contributed by atoms with Crippen molar-refractivity contribution in [1.82, 2.24) is 14.5 Å². The van der Waals surface area contributed by atoms with Crippen LogP contribution < -0.4 is 5.56 Å². The minimum atomic E-state index is -0.344. The largest absolute Gasteiger partial charge is 0.459 e. The van der Waals surface area contributed by atoms with E-state index < -0.39 is 0 Å². The molecule has 6 heteroatoms. The van der Waals surface area contributed by atoms with Crippen LogP contribution in [0.25, 0.3) is 11.1 Å². The van der Waals surface area contributed by atoms with Gasteiger partial charge in [-0.3, -0.25) is 9.59 Å². The zero-order chi connectivity index (χ0) is 16.9. The van der Waals surface area contributed by atoms with Crippen LogP contribution in [0.1, 0.15) is 18.3 Å². The average molecular weight is 323 g/mol. The number of esters is 1. The molecule has 1 N–H and O–H groups in total. The van der Waals surface area contributed by atoms with Crippen LogP contribution in [0, 0.1) is 0 Å². The highest BCUT2D eigenvalue weighted by Crippen LogP contribution is 2.14. The van der Waals surface area contributed by atoms with E-state index >= 15 is 0 Å². The Labute approximate surface area is 138 Å². The second-order valence-corrected chi connectivity index (χ2v) is 5.39. The Bertz CT molecular complexity index is 897. The number of benzene rings is 1. The van der Waals surface area contributed by atoms with E-state index in [9.17, 15) is 9.59 Å². The first-order chi connectivity index (χ1) is 11.6. The van der Waals surface area contributed by atoms with Crippen LogP contribution in [0.15, 0.2) is 59.8 Å². The Balaban J connectivity index is 1.80. The molecule has 0 aliphatic carbocycles. The van der Waals surface area contributed by atoms with Crippen LogP contribution in [0.3, 0.4) is 0 Å². The number of aromatic amines is 1. The molecule has 0 saturated heterocycles. The van der Waals surface area contributed by atoms with Gasteiger partial charge in [0.1, 0.15) is 6.61 Å². The maximum Gasteiger partial charge on any atom is 0.303 e. The van der Waals surface area contributed by atoms with Crippen molar-refractivity contribution in [3.05, 3.63) is 76.7 Å². The molecule has 0 unspecified atom stereocenters. The number of carbonyl (C=O) groups excluding carboxylic acids is 1. The highest BCUT2D eigenvalue weighted by atomic mass is 16.5. The number of nitrogens with one attached hydrogen (secondary N) is 1. The van der Waals surface area contributed by atoms with E-state index in [0.29, 0.717) is 12.1 Å². The Kier molecular flexibility index (Phi) is 4.56. The Morgan fingerprint density at radius 3 is 2.71 bits per heavy atom. The fraction of sp³-hybridized carbons (Fsp3) is 0.167. The number of rotatable bonds is 5. The summed E-state index contributed by atoms with van der Waals surface area (Å²) in [5.74, 6) is -0.344. The van der Waals surface area contributed by atoms with Crippen molar-refractivity contribution in [2.45, 2.75) is 20.1 Å². The van der Waals surface area contributed by atoms with Gasteiger partial charge in [0.25, 0.3) is 5.56 Å². The van der Waals surface area contributed by atoms with E-state index in [4.69, 9.17) is 4.74 Å². The van der Waals surface area contributed by atoms with Crippen molar-refractivity contribution in [3.63, 3.8) is 0 Å². The van der Waals surface area contributed by atoms with Gasteiger partial charge in [-0.15, -0.1) is 0 Å². The maximum atomic E-state index is 12.3. The summed E-state index contributed by atoms with van der Waals surface area (Å²) >= 11 is 0. The quantitative estimate of drug-likeness (QED) is 0.731. The van der Waals surface area contributed by atoms with Gasteiger partial charge in [0.2, 0.25) is 0 Å². The lowest BCUT2D eigenvalue weighted by molar-refractivity contribution is -0.142. The minimum Gasteiger partial charge on any atom is -0.459 e. The molecule has 3 aromatic rings. The van der Waals surface area contributed by atoms with E-state index in [2.05, 4.69) is 9.97 Å². The lowest BCUT2D eigenvalue weighted by atomic mass is 10.1. The van der Waals surface area contributed by atoms with Crippen LogP contribution >= 0.6 is 0 Å². The molecule has 2 heterocycles. The van der Waals surface area contributed by atoms with Crippen molar-refractivity contribution in [1.29, 1.82) is 0 Å². The first kappa shape index (κ1) is 15.7. The highest BCUT2D eigenvalue weighted by molar-refractivity contribution is 5.65. The molecule has 6 nitrogen and oxygen atoms in total. The molecular weight excluding hydrogens is 306 g/mol. The Morgan fingerprint density at radius 1 is 1.21 bits per heavy atom. The zero-order valence-corrected chi connectivity index (χ0v) is 13.2. The fourth-order valence-corrected chi connectivity index (χ4v) is 2.42. The molecule has 0 aliphatic heterocycles. The second-order valence-electron chi connectivity index (χ2n) is 5.39. The molecule has 2 aromatic heterocycles. The van der Waals surface area contributed by atoms with Gasteiger partial charge in [-0.1, -0.05) is 30.3 Å².